The highest BCUT2D eigenvalue weighted by atomic mass is 28.4. The predicted molar refractivity (Wildman–Crippen MR) is 118 cm³/mol. The molecule has 2 heterocycles. The molecule has 3 rings (SSSR count). The highest BCUT2D eigenvalue weighted by Gasteiger charge is 2.51. The van der Waals surface area contributed by atoms with Crippen LogP contribution in [0.3, 0.4) is 0 Å². The Morgan fingerprint density at radius 2 is 1.97 bits per heavy atom. The lowest BCUT2D eigenvalue weighted by Crippen LogP contribution is -2.46. The first-order valence-corrected chi connectivity index (χ1v) is 13.3. The normalized spacial score (nSPS) is 23.6. The molecule has 31 heavy (non-hydrogen) atoms. The molecule has 1 spiro atoms. The molecule has 1 amide bonds. The Kier molecular flexibility index (Phi) is 6.50. The van der Waals surface area contributed by atoms with Crippen LogP contribution >= 0.6 is 0 Å². The van der Waals surface area contributed by atoms with Crippen molar-refractivity contribution in [3.63, 3.8) is 0 Å². The Balaban J connectivity index is 1.74. The van der Waals surface area contributed by atoms with Gasteiger partial charge in [-0.15, -0.1) is 0 Å². The van der Waals surface area contributed by atoms with Crippen LogP contribution < -0.4 is 5.48 Å². The molecule has 2 aliphatic rings. The van der Waals surface area contributed by atoms with E-state index in [1.807, 2.05) is 30.3 Å². The van der Waals surface area contributed by atoms with Crippen LogP contribution in [-0.4, -0.2) is 55.2 Å². The van der Waals surface area contributed by atoms with Crippen LogP contribution in [0.15, 0.2) is 42.1 Å². The van der Waals surface area contributed by atoms with E-state index < -0.39 is 26.0 Å². The van der Waals surface area contributed by atoms with Gasteiger partial charge in [-0.25, -0.2) is 9.59 Å². The molecule has 2 unspecified atom stereocenters. The van der Waals surface area contributed by atoms with E-state index in [0.717, 1.165) is 5.56 Å². The Morgan fingerprint density at radius 3 is 2.55 bits per heavy atom. The molecule has 0 saturated carbocycles. The number of carbonyl (C=O) groups is 2. The maximum atomic E-state index is 13.0. The number of likely N-dealkylation sites (tertiary alicyclic amines) is 1. The van der Waals surface area contributed by atoms with Crippen molar-refractivity contribution >= 4 is 20.4 Å². The summed E-state index contributed by atoms with van der Waals surface area (Å²) in [6, 6.07) is 9.18. The van der Waals surface area contributed by atoms with Crippen molar-refractivity contribution in [2.24, 2.45) is 0 Å². The first-order chi connectivity index (χ1) is 14.4. The predicted octanol–water partition coefficient (Wildman–Crippen LogP) is 3.66. The van der Waals surface area contributed by atoms with Crippen molar-refractivity contribution in [1.82, 2.24) is 10.4 Å². The lowest BCUT2D eigenvalue weighted by Gasteiger charge is -2.37. The van der Waals surface area contributed by atoms with Crippen LogP contribution in [0.1, 0.15) is 32.8 Å². The van der Waals surface area contributed by atoms with E-state index in [1.54, 1.807) is 11.0 Å². The fourth-order valence-electron chi connectivity index (χ4n) is 3.44. The number of benzene rings is 1. The van der Waals surface area contributed by atoms with E-state index in [-0.39, 0.29) is 29.9 Å². The molecule has 1 aromatic carbocycles. The first kappa shape index (κ1) is 23.3. The average Bonchev–Trinajstić information content (AvgIpc) is 3.28. The van der Waals surface area contributed by atoms with Gasteiger partial charge in [0.25, 0.3) is 0 Å². The molecule has 1 fully saturated rings. The summed E-state index contributed by atoms with van der Waals surface area (Å²) in [4.78, 5) is 31.5. The second kappa shape index (κ2) is 8.64. The van der Waals surface area contributed by atoms with Crippen molar-refractivity contribution in [3.8, 4) is 0 Å². The van der Waals surface area contributed by atoms with E-state index in [4.69, 9.17) is 14.0 Å². The molecule has 2 atom stereocenters. The number of hydrogen-bond donors (Lipinski definition) is 2. The standard InChI is InChI=1S/C22H32N2O6Si/c1-21(2,3)31(4,5)29-14-17-11-22(12-18(19(25)26)23-30-22)15-24(17)20(27)28-13-16-9-7-6-8-10-16/h6-10,12,17,23H,11,13-15H2,1-5H3,(H,25,26). The van der Waals surface area contributed by atoms with Gasteiger partial charge in [-0.3, -0.25) is 15.2 Å². The van der Waals surface area contributed by atoms with Crippen molar-refractivity contribution < 1.29 is 28.7 Å². The Hall–Kier alpha value is -2.36. The van der Waals surface area contributed by atoms with E-state index >= 15 is 0 Å². The van der Waals surface area contributed by atoms with Crippen LogP contribution in [0, 0.1) is 0 Å². The van der Waals surface area contributed by atoms with E-state index in [2.05, 4.69) is 39.3 Å². The van der Waals surface area contributed by atoms with Gasteiger partial charge in [0.1, 0.15) is 17.9 Å². The van der Waals surface area contributed by atoms with E-state index in [9.17, 15) is 14.7 Å². The zero-order valence-electron chi connectivity index (χ0n) is 18.8. The Morgan fingerprint density at radius 1 is 1.29 bits per heavy atom. The Bertz CT molecular complexity index is 851. The molecular weight excluding hydrogens is 416 g/mol. The number of carboxylic acids is 1. The summed E-state index contributed by atoms with van der Waals surface area (Å²) in [7, 11) is -2.04. The van der Waals surface area contributed by atoms with Gasteiger partial charge in [0, 0.05) is 6.42 Å². The Labute approximate surface area is 184 Å². The number of ether oxygens (including phenoxy) is 1. The molecule has 2 aliphatic heterocycles. The smallest absolute Gasteiger partial charge is 0.410 e. The molecule has 8 nitrogen and oxygen atoms in total. The number of amides is 1. The highest BCUT2D eigenvalue weighted by Crippen LogP contribution is 2.39. The number of nitrogens with zero attached hydrogens (tertiary/aromatic N) is 1. The van der Waals surface area contributed by atoms with Gasteiger partial charge in [0.05, 0.1) is 19.2 Å². The van der Waals surface area contributed by atoms with Gasteiger partial charge in [0.15, 0.2) is 8.32 Å². The van der Waals surface area contributed by atoms with E-state index in [1.165, 1.54) is 0 Å². The van der Waals surface area contributed by atoms with Gasteiger partial charge in [-0.2, -0.15) is 0 Å². The summed E-state index contributed by atoms with van der Waals surface area (Å²) in [5, 5.41) is 9.30. The number of carbonyl (C=O) groups excluding carboxylic acids is 1. The molecule has 0 bridgehead atoms. The second-order valence-electron chi connectivity index (χ2n) is 9.73. The van der Waals surface area contributed by atoms with Crippen molar-refractivity contribution in [1.29, 1.82) is 0 Å². The zero-order chi connectivity index (χ0) is 22.9. The van der Waals surface area contributed by atoms with E-state index in [0.29, 0.717) is 13.0 Å². The second-order valence-corrected chi connectivity index (χ2v) is 14.5. The van der Waals surface area contributed by atoms with Crippen LogP contribution in [0.25, 0.3) is 0 Å². The third-order valence-electron chi connectivity index (χ3n) is 6.34. The van der Waals surface area contributed by atoms with Crippen molar-refractivity contribution in [2.45, 2.75) is 63.6 Å². The van der Waals surface area contributed by atoms with Crippen LogP contribution in [0.4, 0.5) is 4.79 Å². The number of nitrogens with one attached hydrogen (secondary N) is 1. The summed E-state index contributed by atoms with van der Waals surface area (Å²) in [6.45, 7) is 11.5. The number of carboxylic acid groups (broad SMARTS) is 1. The molecule has 0 aromatic heterocycles. The van der Waals surface area contributed by atoms with Gasteiger partial charge in [0.2, 0.25) is 0 Å². The molecule has 1 saturated heterocycles. The van der Waals surface area contributed by atoms with Crippen molar-refractivity contribution in [3.05, 3.63) is 47.7 Å². The summed E-state index contributed by atoms with van der Waals surface area (Å²) in [6.07, 6.45) is 1.50. The minimum absolute atomic E-state index is 0.0245. The fraction of sp³-hybridized carbons (Fsp3) is 0.545. The molecular formula is C22H32N2O6Si. The highest BCUT2D eigenvalue weighted by molar-refractivity contribution is 6.74. The quantitative estimate of drug-likeness (QED) is 0.641. The SMILES string of the molecule is CC(C)(C)[Si](C)(C)OCC1CC2(C=C(C(=O)O)NO2)CN1C(=O)OCc1ccccc1. The summed E-state index contributed by atoms with van der Waals surface area (Å²) >= 11 is 0. The lowest BCUT2D eigenvalue weighted by molar-refractivity contribution is -0.134. The topological polar surface area (TPSA) is 97.3 Å². The number of hydrogen-bond acceptors (Lipinski definition) is 6. The molecule has 170 valence electrons. The fourth-order valence-corrected chi connectivity index (χ4v) is 4.48. The monoisotopic (exact) mass is 448 g/mol. The summed E-state index contributed by atoms with van der Waals surface area (Å²) < 4.78 is 11.9. The van der Waals surface area contributed by atoms with Crippen LogP contribution in [-0.2, 0) is 25.4 Å². The zero-order valence-corrected chi connectivity index (χ0v) is 19.8. The minimum atomic E-state index is -2.04. The summed E-state index contributed by atoms with van der Waals surface area (Å²) in [5.74, 6) is -1.10. The number of rotatable bonds is 6. The van der Waals surface area contributed by atoms with Crippen LogP contribution in [0.2, 0.25) is 18.1 Å². The minimum Gasteiger partial charge on any atom is -0.477 e. The number of hydroxylamine groups is 1. The number of aliphatic carboxylic acids is 1. The maximum absolute atomic E-state index is 13.0. The largest absolute Gasteiger partial charge is 0.477 e. The van der Waals surface area contributed by atoms with Crippen LogP contribution in [0.5, 0.6) is 0 Å². The average molecular weight is 449 g/mol. The summed E-state index contributed by atoms with van der Waals surface area (Å²) in [5.41, 5.74) is 2.43. The van der Waals surface area contributed by atoms with Gasteiger partial charge < -0.3 is 14.3 Å². The molecule has 2 N–H and O–H groups in total. The molecule has 9 heteroatoms. The van der Waals surface area contributed by atoms with Gasteiger partial charge >= 0.3 is 12.1 Å². The first-order valence-electron chi connectivity index (χ1n) is 10.4. The lowest BCUT2D eigenvalue weighted by atomic mass is 10.00. The third kappa shape index (κ3) is 5.28. The third-order valence-corrected chi connectivity index (χ3v) is 10.8. The maximum Gasteiger partial charge on any atom is 0.410 e. The molecule has 0 aliphatic carbocycles. The van der Waals surface area contributed by atoms with Gasteiger partial charge in [-0.05, 0) is 29.8 Å². The molecule has 1 aromatic rings. The van der Waals surface area contributed by atoms with Gasteiger partial charge in [-0.1, -0.05) is 51.1 Å². The van der Waals surface area contributed by atoms with Crippen molar-refractivity contribution in [2.75, 3.05) is 13.2 Å². The molecule has 0 radical (unpaired) electrons.